The lowest BCUT2D eigenvalue weighted by Crippen LogP contribution is -2.41. The molecule has 0 spiro atoms. The third kappa shape index (κ3) is 6.21. The van der Waals surface area contributed by atoms with E-state index >= 15 is 0 Å². The summed E-state index contributed by atoms with van der Waals surface area (Å²) in [5.41, 5.74) is 3.59. The van der Waals surface area contributed by atoms with Crippen LogP contribution in [0.1, 0.15) is 50.2 Å². The van der Waals surface area contributed by atoms with Gasteiger partial charge in [0.2, 0.25) is 5.91 Å². The van der Waals surface area contributed by atoms with Crippen molar-refractivity contribution in [3.8, 4) is 0 Å². The van der Waals surface area contributed by atoms with Crippen LogP contribution >= 0.6 is 24.0 Å². The minimum atomic E-state index is 0. The number of carbonyl (C=O) groups is 1. The molecule has 2 aromatic rings. The van der Waals surface area contributed by atoms with Crippen molar-refractivity contribution in [1.29, 1.82) is 0 Å². The number of guanidine groups is 1. The third-order valence-corrected chi connectivity index (χ3v) is 6.27. The zero-order chi connectivity index (χ0) is 20.8. The molecule has 0 aromatic heterocycles. The minimum Gasteiger partial charge on any atom is -0.357 e. The van der Waals surface area contributed by atoms with Crippen LogP contribution in [-0.2, 0) is 16.8 Å². The average Bonchev–Trinajstić information content (AvgIpc) is 3.51. The van der Waals surface area contributed by atoms with Crippen LogP contribution in [0.2, 0.25) is 0 Å². The summed E-state index contributed by atoms with van der Waals surface area (Å²) in [6, 6.07) is 18.8. The predicted molar refractivity (Wildman–Crippen MR) is 138 cm³/mol. The van der Waals surface area contributed by atoms with Gasteiger partial charge in [0.25, 0.3) is 0 Å². The van der Waals surface area contributed by atoms with Gasteiger partial charge in [0.1, 0.15) is 0 Å². The van der Waals surface area contributed by atoms with E-state index in [1.54, 1.807) is 0 Å². The van der Waals surface area contributed by atoms with Crippen LogP contribution < -0.4 is 16.0 Å². The minimum absolute atomic E-state index is 0. The fraction of sp³-hybridized carbons (Fsp3) is 0.440. The summed E-state index contributed by atoms with van der Waals surface area (Å²) in [5.74, 6) is 1.17. The molecule has 0 atom stereocenters. The fourth-order valence-electron chi connectivity index (χ4n) is 3.94. The Bertz CT molecular complexity index is 891. The van der Waals surface area contributed by atoms with Crippen molar-refractivity contribution in [3.05, 3.63) is 65.7 Å². The number of nitrogens with zero attached hydrogens (tertiary/aromatic N) is 1. The van der Waals surface area contributed by atoms with Gasteiger partial charge in [-0.15, -0.1) is 24.0 Å². The molecule has 0 bridgehead atoms. The molecule has 1 amide bonds. The van der Waals surface area contributed by atoms with Crippen LogP contribution in [0.3, 0.4) is 0 Å². The molecule has 5 nitrogen and oxygen atoms in total. The predicted octanol–water partition coefficient (Wildman–Crippen LogP) is 4.83. The normalized spacial score (nSPS) is 17.1. The van der Waals surface area contributed by atoms with Gasteiger partial charge in [-0.3, -0.25) is 4.79 Å². The van der Waals surface area contributed by atoms with Gasteiger partial charge in [-0.25, -0.2) is 4.99 Å². The second kappa shape index (κ2) is 11.0. The maximum absolute atomic E-state index is 12.2. The molecule has 3 N–H and O–H groups in total. The van der Waals surface area contributed by atoms with Crippen molar-refractivity contribution in [2.45, 2.75) is 51.0 Å². The Morgan fingerprint density at radius 1 is 1.06 bits per heavy atom. The lowest BCUT2D eigenvalue weighted by Gasteiger charge is -2.24. The van der Waals surface area contributed by atoms with E-state index in [0.29, 0.717) is 6.54 Å². The molecule has 2 aliphatic carbocycles. The van der Waals surface area contributed by atoms with Crippen LogP contribution in [0.25, 0.3) is 0 Å². The SMILES string of the molecule is CCNC(=NCc1cccc(NC(=O)C2CCC2)c1)NCC1(c2ccccc2)CC1.I. The highest BCUT2D eigenvalue weighted by molar-refractivity contribution is 14.0. The first kappa shape index (κ1) is 23.6. The monoisotopic (exact) mass is 532 g/mol. The number of carbonyl (C=O) groups excluding carboxylic acids is 1. The van der Waals surface area contributed by atoms with E-state index in [2.05, 4.69) is 59.3 Å². The lowest BCUT2D eigenvalue weighted by molar-refractivity contribution is -0.122. The Morgan fingerprint density at radius 3 is 2.48 bits per heavy atom. The van der Waals surface area contributed by atoms with Crippen LogP contribution in [-0.4, -0.2) is 25.0 Å². The van der Waals surface area contributed by atoms with Gasteiger partial charge in [-0.2, -0.15) is 0 Å². The molecular weight excluding hydrogens is 499 g/mol. The highest BCUT2D eigenvalue weighted by atomic mass is 127. The van der Waals surface area contributed by atoms with E-state index in [-0.39, 0.29) is 41.2 Å². The first-order valence-corrected chi connectivity index (χ1v) is 11.2. The van der Waals surface area contributed by atoms with E-state index in [1.807, 2.05) is 18.2 Å². The number of halogens is 1. The summed E-state index contributed by atoms with van der Waals surface area (Å²) < 4.78 is 0. The molecule has 4 rings (SSSR count). The zero-order valence-corrected chi connectivity index (χ0v) is 20.5. The molecule has 6 heteroatoms. The number of hydrogen-bond donors (Lipinski definition) is 3. The van der Waals surface area contributed by atoms with Crippen molar-refractivity contribution in [1.82, 2.24) is 10.6 Å². The van der Waals surface area contributed by atoms with Crippen LogP contribution in [0, 0.1) is 5.92 Å². The van der Waals surface area contributed by atoms with Gasteiger partial charge in [0.05, 0.1) is 6.54 Å². The molecule has 0 saturated heterocycles. The van der Waals surface area contributed by atoms with E-state index in [0.717, 1.165) is 43.1 Å². The number of nitrogens with one attached hydrogen (secondary N) is 3. The lowest BCUT2D eigenvalue weighted by atomic mass is 9.85. The Morgan fingerprint density at radius 2 is 1.84 bits per heavy atom. The highest BCUT2D eigenvalue weighted by Gasteiger charge is 2.44. The van der Waals surface area contributed by atoms with E-state index in [9.17, 15) is 4.79 Å². The maximum atomic E-state index is 12.2. The molecule has 2 aliphatic rings. The van der Waals surface area contributed by atoms with E-state index in [4.69, 9.17) is 4.99 Å². The summed E-state index contributed by atoms with van der Waals surface area (Å²) in [5, 5.41) is 9.94. The zero-order valence-electron chi connectivity index (χ0n) is 18.2. The molecule has 2 fully saturated rings. The van der Waals surface area contributed by atoms with Crippen LogP contribution in [0.5, 0.6) is 0 Å². The number of benzene rings is 2. The summed E-state index contributed by atoms with van der Waals surface area (Å²) in [6.07, 6.45) is 5.62. The molecule has 0 radical (unpaired) electrons. The quantitative estimate of drug-likeness (QED) is 0.259. The van der Waals surface area contributed by atoms with Gasteiger partial charge >= 0.3 is 0 Å². The molecule has 0 aliphatic heterocycles. The number of rotatable bonds is 8. The summed E-state index contributed by atoms with van der Waals surface area (Å²) in [6.45, 7) is 4.36. The van der Waals surface area contributed by atoms with Crippen LogP contribution in [0.15, 0.2) is 59.6 Å². The van der Waals surface area contributed by atoms with Crippen molar-refractivity contribution >= 4 is 41.5 Å². The number of aliphatic imine (C=N–C) groups is 1. The van der Waals surface area contributed by atoms with Crippen molar-refractivity contribution in [3.63, 3.8) is 0 Å². The molecular formula is C25H33IN4O. The third-order valence-electron chi connectivity index (χ3n) is 6.27. The Labute approximate surface area is 202 Å². The number of amides is 1. The topological polar surface area (TPSA) is 65.5 Å². The number of anilines is 1. The molecule has 0 unspecified atom stereocenters. The summed E-state index contributed by atoms with van der Waals surface area (Å²) in [4.78, 5) is 17.0. The van der Waals surface area contributed by atoms with Gasteiger partial charge in [0.15, 0.2) is 5.96 Å². The summed E-state index contributed by atoms with van der Waals surface area (Å²) in [7, 11) is 0. The second-order valence-corrected chi connectivity index (χ2v) is 8.51. The van der Waals surface area contributed by atoms with Gasteiger partial charge in [-0.1, -0.05) is 48.9 Å². The molecule has 2 saturated carbocycles. The molecule has 0 heterocycles. The molecule has 166 valence electrons. The van der Waals surface area contributed by atoms with E-state index in [1.165, 1.54) is 24.8 Å². The van der Waals surface area contributed by atoms with Gasteiger partial charge in [-0.05, 0) is 55.9 Å². The second-order valence-electron chi connectivity index (χ2n) is 8.51. The maximum Gasteiger partial charge on any atom is 0.227 e. The Balaban J connectivity index is 0.00000272. The van der Waals surface area contributed by atoms with Crippen molar-refractivity contribution < 1.29 is 4.79 Å². The van der Waals surface area contributed by atoms with E-state index < -0.39 is 0 Å². The average molecular weight is 532 g/mol. The number of hydrogen-bond acceptors (Lipinski definition) is 2. The largest absolute Gasteiger partial charge is 0.357 e. The molecule has 2 aromatic carbocycles. The van der Waals surface area contributed by atoms with Gasteiger partial charge in [0, 0.05) is 30.1 Å². The Kier molecular flexibility index (Phi) is 8.35. The highest BCUT2D eigenvalue weighted by Crippen LogP contribution is 2.47. The van der Waals surface area contributed by atoms with Crippen molar-refractivity contribution in [2.75, 3.05) is 18.4 Å². The van der Waals surface area contributed by atoms with Gasteiger partial charge < -0.3 is 16.0 Å². The van der Waals surface area contributed by atoms with Crippen LogP contribution in [0.4, 0.5) is 5.69 Å². The first-order valence-electron chi connectivity index (χ1n) is 11.2. The Hall–Kier alpha value is -2.09. The first-order chi connectivity index (χ1) is 14.7. The fourth-order valence-corrected chi connectivity index (χ4v) is 3.94. The summed E-state index contributed by atoms with van der Waals surface area (Å²) >= 11 is 0. The standard InChI is InChI=1S/C25H32N4O.HI/c1-2-26-24(28-18-25(14-15-25)21-11-4-3-5-12-21)27-17-19-8-6-13-22(16-19)29-23(30)20-9-7-10-20;/h3-6,8,11-13,16,20H,2,7,9-10,14-15,17-18H2,1H3,(H,29,30)(H2,26,27,28);1H. The molecule has 31 heavy (non-hydrogen) atoms. The smallest absolute Gasteiger partial charge is 0.227 e. The van der Waals surface area contributed by atoms with Crippen molar-refractivity contribution in [2.24, 2.45) is 10.9 Å².